The van der Waals surface area contributed by atoms with E-state index in [9.17, 15) is 19.2 Å². The number of benzene rings is 3. The normalized spacial score (nSPS) is 11.7. The molecule has 10 nitrogen and oxygen atoms in total. The summed E-state index contributed by atoms with van der Waals surface area (Å²) in [7, 11) is 3.88. The van der Waals surface area contributed by atoms with Crippen LogP contribution in [0.4, 0.5) is 16.5 Å². The maximum atomic E-state index is 13.6. The SMILES string of the molecule is CCOC(=O)Cc1csc(NC(=O)C(CC)Sc2cccc(NC(=O)/C(=C\c3ccc(N(C)C)cc3)NC(=O)c3ccccc3)c2)n1. The van der Waals surface area contributed by atoms with Gasteiger partial charge in [0.05, 0.1) is 24.0 Å². The minimum atomic E-state index is -0.500. The number of nitrogens with zero attached hydrogens (tertiary/aromatic N) is 2. The fraction of sp³-hybridized carbons (Fsp3) is 0.229. The maximum absolute atomic E-state index is 13.6. The second-order valence-corrected chi connectivity index (χ2v) is 12.6. The van der Waals surface area contributed by atoms with E-state index in [4.69, 9.17) is 4.74 Å². The van der Waals surface area contributed by atoms with E-state index >= 15 is 0 Å². The van der Waals surface area contributed by atoms with Gasteiger partial charge < -0.3 is 25.6 Å². The average molecular weight is 672 g/mol. The summed E-state index contributed by atoms with van der Waals surface area (Å²) in [4.78, 5) is 58.5. The van der Waals surface area contributed by atoms with Crippen LogP contribution >= 0.6 is 23.1 Å². The Bertz CT molecular complexity index is 1720. The third-order valence-electron chi connectivity index (χ3n) is 6.70. The number of esters is 1. The van der Waals surface area contributed by atoms with E-state index in [0.29, 0.717) is 35.1 Å². The first-order valence-electron chi connectivity index (χ1n) is 15.0. The fourth-order valence-corrected chi connectivity index (χ4v) is 6.03. The average Bonchev–Trinajstić information content (AvgIpc) is 3.50. The van der Waals surface area contributed by atoms with Gasteiger partial charge in [-0.2, -0.15) is 0 Å². The summed E-state index contributed by atoms with van der Waals surface area (Å²) < 4.78 is 4.96. The van der Waals surface area contributed by atoms with E-state index < -0.39 is 17.1 Å². The van der Waals surface area contributed by atoms with Gasteiger partial charge in [-0.15, -0.1) is 23.1 Å². The largest absolute Gasteiger partial charge is 0.466 e. The monoisotopic (exact) mass is 671 g/mol. The van der Waals surface area contributed by atoms with Crippen LogP contribution in [0.25, 0.3) is 6.08 Å². The molecule has 0 bridgehead atoms. The van der Waals surface area contributed by atoms with Crippen molar-refractivity contribution in [1.29, 1.82) is 0 Å². The molecule has 3 aromatic carbocycles. The first-order valence-corrected chi connectivity index (χ1v) is 16.8. The summed E-state index contributed by atoms with van der Waals surface area (Å²) in [5.41, 5.74) is 3.27. The van der Waals surface area contributed by atoms with Crippen molar-refractivity contribution in [1.82, 2.24) is 10.3 Å². The number of aromatic nitrogens is 1. The van der Waals surface area contributed by atoms with Gasteiger partial charge >= 0.3 is 5.97 Å². The predicted octanol–water partition coefficient (Wildman–Crippen LogP) is 6.23. The molecule has 47 heavy (non-hydrogen) atoms. The lowest BCUT2D eigenvalue weighted by molar-refractivity contribution is -0.142. The molecular formula is C35H37N5O5S2. The molecule has 0 aliphatic carbocycles. The van der Waals surface area contributed by atoms with Gasteiger partial charge in [0.25, 0.3) is 11.8 Å². The molecule has 3 N–H and O–H groups in total. The summed E-state index contributed by atoms with van der Waals surface area (Å²) in [5.74, 6) is -1.51. The molecular weight excluding hydrogens is 635 g/mol. The number of anilines is 3. The molecule has 0 radical (unpaired) electrons. The quantitative estimate of drug-likeness (QED) is 0.0817. The second-order valence-electron chi connectivity index (χ2n) is 10.5. The second kappa shape index (κ2) is 17.1. The van der Waals surface area contributed by atoms with Gasteiger partial charge in [0.1, 0.15) is 5.70 Å². The highest BCUT2D eigenvalue weighted by molar-refractivity contribution is 8.00. The lowest BCUT2D eigenvalue weighted by Crippen LogP contribution is -2.30. The van der Waals surface area contributed by atoms with Crippen LogP contribution in [-0.2, 0) is 25.5 Å². The minimum absolute atomic E-state index is 0.0419. The number of amides is 3. The molecule has 0 fully saturated rings. The lowest BCUT2D eigenvalue weighted by Gasteiger charge is -2.15. The van der Waals surface area contributed by atoms with E-state index in [1.54, 1.807) is 60.8 Å². The Morgan fingerprint density at radius 3 is 2.38 bits per heavy atom. The summed E-state index contributed by atoms with van der Waals surface area (Å²) in [6.45, 7) is 3.94. The molecule has 244 valence electrons. The van der Waals surface area contributed by atoms with Gasteiger partial charge in [-0.3, -0.25) is 19.2 Å². The standard InChI is InChI=1S/C35H37N5O5S2/c1-5-30(34(44)39-35-37-26(22-46-35)21-31(41)45-6-2)47-28-14-10-13-25(20-28)36-33(43)29(38-32(42)24-11-8-7-9-12-24)19-23-15-17-27(18-16-23)40(3)4/h7-20,22,30H,5-6,21H2,1-4H3,(H,36,43)(H,38,42)(H,37,39,44)/b29-19+. The summed E-state index contributed by atoms with van der Waals surface area (Å²) in [5, 5.41) is 10.2. The van der Waals surface area contributed by atoms with Gasteiger partial charge in [0, 0.05) is 41.3 Å². The van der Waals surface area contributed by atoms with Crippen LogP contribution in [0.3, 0.4) is 0 Å². The van der Waals surface area contributed by atoms with Crippen molar-refractivity contribution in [3.63, 3.8) is 0 Å². The molecule has 0 saturated heterocycles. The van der Waals surface area contributed by atoms with Gasteiger partial charge in [0.2, 0.25) is 5.91 Å². The predicted molar refractivity (Wildman–Crippen MR) is 189 cm³/mol. The molecule has 12 heteroatoms. The number of ether oxygens (including phenoxy) is 1. The molecule has 1 aromatic heterocycles. The highest BCUT2D eigenvalue weighted by Gasteiger charge is 2.21. The molecule has 0 aliphatic heterocycles. The highest BCUT2D eigenvalue weighted by Crippen LogP contribution is 2.29. The number of rotatable bonds is 14. The van der Waals surface area contributed by atoms with E-state index in [0.717, 1.165) is 16.1 Å². The minimum Gasteiger partial charge on any atom is -0.466 e. The third kappa shape index (κ3) is 10.5. The van der Waals surface area contributed by atoms with Gasteiger partial charge in [-0.25, -0.2) is 4.98 Å². The zero-order chi connectivity index (χ0) is 33.8. The number of nitrogens with one attached hydrogen (secondary N) is 3. The maximum Gasteiger partial charge on any atom is 0.311 e. The van der Waals surface area contributed by atoms with Crippen LogP contribution in [0, 0.1) is 0 Å². The molecule has 0 aliphatic rings. The van der Waals surface area contributed by atoms with E-state index in [-0.39, 0.29) is 24.0 Å². The van der Waals surface area contributed by atoms with Gasteiger partial charge in [-0.1, -0.05) is 43.3 Å². The Labute approximate surface area is 282 Å². The number of carbonyl (C=O) groups is 4. The Morgan fingerprint density at radius 2 is 1.70 bits per heavy atom. The smallest absolute Gasteiger partial charge is 0.311 e. The summed E-state index contributed by atoms with van der Waals surface area (Å²) in [6, 6.07) is 23.4. The number of hydrogen-bond donors (Lipinski definition) is 3. The third-order valence-corrected chi connectivity index (χ3v) is 8.86. The molecule has 4 rings (SSSR count). The van der Waals surface area contributed by atoms with Crippen LogP contribution in [0.15, 0.2) is 94.8 Å². The summed E-state index contributed by atoms with van der Waals surface area (Å²) >= 11 is 2.60. The Kier molecular flexibility index (Phi) is 12.7. The number of thiazole rings is 1. The zero-order valence-corrected chi connectivity index (χ0v) is 28.2. The Hall–Kier alpha value is -4.94. The zero-order valence-electron chi connectivity index (χ0n) is 26.6. The molecule has 1 atom stereocenters. The van der Waals surface area contributed by atoms with Crippen LogP contribution < -0.4 is 20.9 Å². The van der Waals surface area contributed by atoms with Crippen LogP contribution in [-0.4, -0.2) is 54.6 Å². The summed E-state index contributed by atoms with van der Waals surface area (Å²) in [6.07, 6.45) is 2.21. The van der Waals surface area contributed by atoms with E-state index in [1.807, 2.05) is 62.3 Å². The van der Waals surface area contributed by atoms with Gasteiger partial charge in [-0.05, 0) is 67.4 Å². The number of thioether (sulfide) groups is 1. The first-order chi connectivity index (χ1) is 22.6. The van der Waals surface area contributed by atoms with Crippen LogP contribution in [0.5, 0.6) is 0 Å². The van der Waals surface area contributed by atoms with Crippen molar-refractivity contribution in [3.05, 3.63) is 107 Å². The topological polar surface area (TPSA) is 130 Å². The molecule has 1 heterocycles. The molecule has 0 spiro atoms. The van der Waals surface area contributed by atoms with Crippen molar-refractivity contribution in [2.75, 3.05) is 36.2 Å². The van der Waals surface area contributed by atoms with Crippen molar-refractivity contribution in [2.24, 2.45) is 0 Å². The molecule has 3 amide bonds. The van der Waals surface area contributed by atoms with Crippen LogP contribution in [0.1, 0.15) is 41.9 Å². The van der Waals surface area contributed by atoms with Crippen molar-refractivity contribution < 1.29 is 23.9 Å². The fourth-order valence-electron chi connectivity index (χ4n) is 4.30. The van der Waals surface area contributed by atoms with Gasteiger partial charge in [0.15, 0.2) is 5.13 Å². The molecule has 0 saturated carbocycles. The van der Waals surface area contributed by atoms with Crippen LogP contribution in [0.2, 0.25) is 0 Å². The Balaban J connectivity index is 1.46. The first kappa shape index (κ1) is 34.9. The number of hydrogen-bond acceptors (Lipinski definition) is 9. The lowest BCUT2D eigenvalue weighted by atomic mass is 10.1. The highest BCUT2D eigenvalue weighted by atomic mass is 32.2. The van der Waals surface area contributed by atoms with E-state index in [1.165, 1.54) is 23.1 Å². The molecule has 1 unspecified atom stereocenters. The van der Waals surface area contributed by atoms with Crippen molar-refractivity contribution in [2.45, 2.75) is 36.8 Å². The molecule has 4 aromatic rings. The van der Waals surface area contributed by atoms with E-state index in [2.05, 4.69) is 20.9 Å². The van der Waals surface area contributed by atoms with Crippen molar-refractivity contribution in [3.8, 4) is 0 Å². The van der Waals surface area contributed by atoms with Crippen molar-refractivity contribution >= 4 is 69.4 Å². The Morgan fingerprint density at radius 1 is 0.957 bits per heavy atom. The number of carbonyl (C=O) groups excluding carboxylic acids is 4.